The molecule has 4 rings (SSSR count). The highest BCUT2D eigenvalue weighted by atomic mass is 19.1. The highest BCUT2D eigenvalue weighted by Gasteiger charge is 2.26. The van der Waals surface area contributed by atoms with Gasteiger partial charge in [0.05, 0.1) is 19.0 Å². The van der Waals surface area contributed by atoms with Gasteiger partial charge in [-0.1, -0.05) is 11.2 Å². The quantitative estimate of drug-likeness (QED) is 0.757. The lowest BCUT2D eigenvalue weighted by atomic mass is 9.99. The molecule has 0 spiro atoms. The van der Waals surface area contributed by atoms with E-state index in [1.165, 1.54) is 12.4 Å². The van der Waals surface area contributed by atoms with Crippen molar-refractivity contribution in [3.05, 3.63) is 47.8 Å². The van der Waals surface area contributed by atoms with Gasteiger partial charge in [0.15, 0.2) is 5.82 Å². The van der Waals surface area contributed by atoms with Crippen LogP contribution in [0.4, 0.5) is 8.78 Å². The molecule has 8 nitrogen and oxygen atoms in total. The topological polar surface area (TPSA) is 98.7 Å². The van der Waals surface area contributed by atoms with E-state index in [0.717, 1.165) is 18.0 Å². The molecule has 1 amide bonds. The first kappa shape index (κ1) is 16.3. The monoisotopic (exact) mass is 360 g/mol. The standard InChI is InChI=1S/C16H14F2N6O2/c17-10-2-1-3-11(18)14(10)16-22-12(23-26-16)6-19-15(25)9-4-5-13-20-8-21-24(13)7-9/h1-3,8-9H,4-7H2,(H,19,25). The molecule has 0 radical (unpaired) electrons. The summed E-state index contributed by atoms with van der Waals surface area (Å²) in [6.07, 6.45) is 2.82. The Kier molecular flexibility index (Phi) is 4.15. The molecule has 26 heavy (non-hydrogen) atoms. The Bertz CT molecular complexity index is 934. The third kappa shape index (κ3) is 3.05. The fourth-order valence-electron chi connectivity index (χ4n) is 2.89. The summed E-state index contributed by atoms with van der Waals surface area (Å²) in [6.45, 7) is 0.457. The van der Waals surface area contributed by atoms with Gasteiger partial charge in [0.25, 0.3) is 5.89 Å². The molecule has 0 saturated heterocycles. The van der Waals surface area contributed by atoms with Crippen LogP contribution in [-0.2, 0) is 24.3 Å². The summed E-state index contributed by atoms with van der Waals surface area (Å²) in [5.41, 5.74) is -0.386. The molecule has 1 aliphatic heterocycles. The number of aromatic nitrogens is 5. The van der Waals surface area contributed by atoms with Crippen molar-refractivity contribution in [2.75, 3.05) is 0 Å². The Morgan fingerprint density at radius 2 is 2.15 bits per heavy atom. The number of nitrogens with zero attached hydrogens (tertiary/aromatic N) is 5. The molecule has 1 atom stereocenters. The van der Waals surface area contributed by atoms with Crippen LogP contribution in [0.3, 0.4) is 0 Å². The van der Waals surface area contributed by atoms with Crippen molar-refractivity contribution in [2.45, 2.75) is 25.9 Å². The van der Waals surface area contributed by atoms with Gasteiger partial charge in [0.2, 0.25) is 5.91 Å². The molecule has 0 fully saturated rings. The zero-order chi connectivity index (χ0) is 18.1. The predicted molar refractivity (Wildman–Crippen MR) is 83.3 cm³/mol. The molecular weight excluding hydrogens is 346 g/mol. The van der Waals surface area contributed by atoms with Crippen molar-refractivity contribution in [1.29, 1.82) is 0 Å². The van der Waals surface area contributed by atoms with Gasteiger partial charge in [0, 0.05) is 6.42 Å². The third-order valence-electron chi connectivity index (χ3n) is 4.24. The summed E-state index contributed by atoms with van der Waals surface area (Å²) in [5, 5.41) is 10.4. The molecule has 1 aliphatic rings. The van der Waals surface area contributed by atoms with Gasteiger partial charge in [-0.15, -0.1) is 0 Å². The second kappa shape index (κ2) is 6.62. The van der Waals surface area contributed by atoms with Gasteiger partial charge in [-0.05, 0) is 18.6 Å². The number of carbonyl (C=O) groups excluding carboxylic acids is 1. The van der Waals surface area contributed by atoms with Crippen molar-refractivity contribution in [1.82, 2.24) is 30.2 Å². The minimum Gasteiger partial charge on any atom is -0.348 e. The van der Waals surface area contributed by atoms with Gasteiger partial charge in [0.1, 0.15) is 29.3 Å². The van der Waals surface area contributed by atoms with Crippen molar-refractivity contribution < 1.29 is 18.1 Å². The minimum atomic E-state index is -0.796. The predicted octanol–water partition coefficient (Wildman–Crippen LogP) is 1.49. The number of amides is 1. The minimum absolute atomic E-state index is 0.000874. The molecule has 1 unspecified atom stereocenters. The maximum absolute atomic E-state index is 13.7. The number of benzene rings is 1. The van der Waals surface area contributed by atoms with E-state index < -0.39 is 11.6 Å². The molecule has 0 saturated carbocycles. The number of halogens is 2. The third-order valence-corrected chi connectivity index (χ3v) is 4.24. The number of hydrogen-bond acceptors (Lipinski definition) is 6. The van der Waals surface area contributed by atoms with E-state index in [9.17, 15) is 13.6 Å². The maximum atomic E-state index is 13.7. The number of rotatable bonds is 4. The fourth-order valence-corrected chi connectivity index (χ4v) is 2.89. The number of nitrogens with one attached hydrogen (secondary N) is 1. The van der Waals surface area contributed by atoms with E-state index >= 15 is 0 Å². The van der Waals surface area contributed by atoms with Crippen molar-refractivity contribution in [2.24, 2.45) is 5.92 Å². The molecule has 0 bridgehead atoms. The summed E-state index contributed by atoms with van der Waals surface area (Å²) in [7, 11) is 0. The van der Waals surface area contributed by atoms with E-state index in [1.54, 1.807) is 4.68 Å². The van der Waals surface area contributed by atoms with E-state index in [0.29, 0.717) is 19.4 Å². The summed E-state index contributed by atoms with van der Waals surface area (Å²) in [5.74, 6) is -1.27. The first-order valence-corrected chi connectivity index (χ1v) is 8.03. The highest BCUT2D eigenvalue weighted by molar-refractivity contribution is 5.78. The fraction of sp³-hybridized carbons (Fsp3) is 0.312. The summed E-state index contributed by atoms with van der Waals surface area (Å²) >= 11 is 0. The van der Waals surface area contributed by atoms with Crippen LogP contribution in [0.2, 0.25) is 0 Å². The molecule has 10 heteroatoms. The number of aryl methyl sites for hydroxylation is 1. The molecule has 3 aromatic rings. The van der Waals surface area contributed by atoms with Gasteiger partial charge >= 0.3 is 0 Å². The van der Waals surface area contributed by atoms with Crippen LogP contribution in [0.25, 0.3) is 11.5 Å². The molecular formula is C16H14F2N6O2. The number of fused-ring (bicyclic) bond motifs is 1. The van der Waals surface area contributed by atoms with Crippen molar-refractivity contribution in [3.8, 4) is 11.5 Å². The van der Waals surface area contributed by atoms with Gasteiger partial charge in [-0.2, -0.15) is 10.1 Å². The Morgan fingerprint density at radius 1 is 1.35 bits per heavy atom. The number of hydrogen-bond donors (Lipinski definition) is 1. The smallest absolute Gasteiger partial charge is 0.263 e. The average Bonchev–Trinajstić information content (AvgIpc) is 3.28. The van der Waals surface area contributed by atoms with Gasteiger partial charge in [-0.25, -0.2) is 18.4 Å². The van der Waals surface area contributed by atoms with Crippen molar-refractivity contribution >= 4 is 5.91 Å². The van der Waals surface area contributed by atoms with E-state index in [4.69, 9.17) is 4.52 Å². The molecule has 2 aromatic heterocycles. The normalized spacial score (nSPS) is 16.3. The Hall–Kier alpha value is -3.17. The van der Waals surface area contributed by atoms with Crippen LogP contribution >= 0.6 is 0 Å². The van der Waals surface area contributed by atoms with Gasteiger partial charge < -0.3 is 9.84 Å². The second-order valence-electron chi connectivity index (χ2n) is 5.92. The van der Waals surface area contributed by atoms with Crippen LogP contribution in [0, 0.1) is 17.6 Å². The molecule has 1 aromatic carbocycles. The van der Waals surface area contributed by atoms with Crippen LogP contribution in [0.1, 0.15) is 18.1 Å². The van der Waals surface area contributed by atoms with Crippen LogP contribution < -0.4 is 5.32 Å². The lowest BCUT2D eigenvalue weighted by Gasteiger charge is -2.21. The summed E-state index contributed by atoms with van der Waals surface area (Å²) < 4.78 is 34.1. The maximum Gasteiger partial charge on any atom is 0.263 e. The molecule has 1 N–H and O–H groups in total. The van der Waals surface area contributed by atoms with Crippen LogP contribution in [-0.4, -0.2) is 30.8 Å². The van der Waals surface area contributed by atoms with Crippen LogP contribution in [0.15, 0.2) is 29.0 Å². The summed E-state index contributed by atoms with van der Waals surface area (Å²) in [4.78, 5) is 20.4. The Morgan fingerprint density at radius 3 is 2.96 bits per heavy atom. The largest absolute Gasteiger partial charge is 0.348 e. The summed E-state index contributed by atoms with van der Waals surface area (Å²) in [6, 6.07) is 3.45. The second-order valence-corrected chi connectivity index (χ2v) is 5.92. The van der Waals surface area contributed by atoms with E-state index in [1.807, 2.05) is 0 Å². The highest BCUT2D eigenvalue weighted by Crippen LogP contribution is 2.24. The van der Waals surface area contributed by atoms with Gasteiger partial charge in [-0.3, -0.25) is 4.79 Å². The zero-order valence-electron chi connectivity index (χ0n) is 13.5. The lowest BCUT2D eigenvalue weighted by Crippen LogP contribution is -2.36. The molecule has 0 aliphatic carbocycles. The van der Waals surface area contributed by atoms with Crippen molar-refractivity contribution in [3.63, 3.8) is 0 Å². The Balaban J connectivity index is 1.40. The first-order chi connectivity index (χ1) is 12.6. The van der Waals surface area contributed by atoms with Crippen LogP contribution in [0.5, 0.6) is 0 Å². The lowest BCUT2D eigenvalue weighted by molar-refractivity contribution is -0.126. The van der Waals surface area contributed by atoms with E-state index in [-0.39, 0.29) is 35.6 Å². The molecule has 3 heterocycles. The SMILES string of the molecule is O=C(NCc1noc(-c2c(F)cccc2F)n1)C1CCc2ncnn2C1. The average molecular weight is 360 g/mol. The first-order valence-electron chi connectivity index (χ1n) is 8.03. The zero-order valence-corrected chi connectivity index (χ0v) is 13.5. The number of carbonyl (C=O) groups is 1. The molecule has 134 valence electrons. The Labute approximate surface area is 146 Å². The van der Waals surface area contributed by atoms with E-state index in [2.05, 4.69) is 25.5 Å².